The number of aryl methyl sites for hydroxylation is 1. The largest absolute Gasteiger partial charge is 0.382 e. The van der Waals surface area contributed by atoms with Gasteiger partial charge < -0.3 is 10.2 Å². The number of nitro benzene ring substituents is 1. The summed E-state index contributed by atoms with van der Waals surface area (Å²) >= 11 is 0. The second-order valence-electron chi connectivity index (χ2n) is 5.87. The van der Waals surface area contributed by atoms with E-state index in [1.807, 2.05) is 13.0 Å². The van der Waals surface area contributed by atoms with Crippen LogP contribution in [0, 0.1) is 17.0 Å². The number of nitrogens with one attached hydrogen (secondary N) is 1. The van der Waals surface area contributed by atoms with Crippen molar-refractivity contribution in [3.63, 3.8) is 0 Å². The molecule has 0 bridgehead atoms. The second kappa shape index (κ2) is 7.41. The van der Waals surface area contributed by atoms with Gasteiger partial charge in [0.1, 0.15) is 0 Å². The molecule has 1 aliphatic heterocycles. The van der Waals surface area contributed by atoms with E-state index in [9.17, 15) is 10.1 Å². The van der Waals surface area contributed by atoms with Crippen LogP contribution in [0.15, 0.2) is 18.2 Å². The number of hydrogen-bond acceptors (Lipinski definition) is 4. The van der Waals surface area contributed by atoms with Gasteiger partial charge >= 0.3 is 0 Å². The number of likely N-dealkylation sites (tertiary alicyclic amines) is 1. The van der Waals surface area contributed by atoms with Crippen molar-refractivity contribution in [2.45, 2.75) is 45.6 Å². The molecular formula is C16H25N3O2. The zero-order chi connectivity index (χ0) is 15.2. The maximum atomic E-state index is 10.8. The Balaban J connectivity index is 1.97. The van der Waals surface area contributed by atoms with Crippen molar-refractivity contribution in [1.29, 1.82) is 0 Å². The molecule has 0 aromatic heterocycles. The molecule has 1 aromatic rings. The SMILES string of the molecule is CCCN1CCCC(Nc2ccc([N+](=O)[O-])cc2C)CC1. The first-order valence-electron chi connectivity index (χ1n) is 7.84. The van der Waals surface area contributed by atoms with Crippen LogP contribution in [0.4, 0.5) is 11.4 Å². The van der Waals surface area contributed by atoms with Crippen LogP contribution in [0.5, 0.6) is 0 Å². The van der Waals surface area contributed by atoms with E-state index in [4.69, 9.17) is 0 Å². The molecule has 1 atom stereocenters. The lowest BCUT2D eigenvalue weighted by atomic mass is 10.1. The van der Waals surface area contributed by atoms with Crippen LogP contribution in [-0.2, 0) is 0 Å². The van der Waals surface area contributed by atoms with E-state index in [2.05, 4.69) is 17.1 Å². The molecule has 0 spiro atoms. The summed E-state index contributed by atoms with van der Waals surface area (Å²) in [6, 6.07) is 5.52. The summed E-state index contributed by atoms with van der Waals surface area (Å²) < 4.78 is 0. The third-order valence-electron chi connectivity index (χ3n) is 4.14. The highest BCUT2D eigenvalue weighted by molar-refractivity contribution is 5.55. The molecule has 21 heavy (non-hydrogen) atoms. The quantitative estimate of drug-likeness (QED) is 0.665. The van der Waals surface area contributed by atoms with Gasteiger partial charge in [-0.25, -0.2) is 0 Å². The molecule has 116 valence electrons. The Labute approximate surface area is 126 Å². The molecule has 0 saturated carbocycles. The highest BCUT2D eigenvalue weighted by Crippen LogP contribution is 2.24. The molecule has 1 aromatic carbocycles. The highest BCUT2D eigenvalue weighted by Gasteiger charge is 2.17. The standard InChI is InChI=1S/C16H25N3O2/c1-3-9-18-10-4-5-14(8-11-18)17-16-7-6-15(19(20)21)12-13(16)2/h6-7,12,14,17H,3-5,8-11H2,1-2H3. The number of anilines is 1. The third kappa shape index (κ3) is 4.43. The van der Waals surface area contributed by atoms with Gasteiger partial charge in [-0.3, -0.25) is 10.1 Å². The molecule has 1 heterocycles. The van der Waals surface area contributed by atoms with Crippen LogP contribution < -0.4 is 5.32 Å². The third-order valence-corrected chi connectivity index (χ3v) is 4.14. The maximum Gasteiger partial charge on any atom is 0.269 e. The predicted octanol–water partition coefficient (Wildman–Crippen LogP) is 3.58. The Morgan fingerprint density at radius 1 is 1.38 bits per heavy atom. The van der Waals surface area contributed by atoms with Crippen molar-refractivity contribution < 1.29 is 4.92 Å². The fourth-order valence-electron chi connectivity index (χ4n) is 2.98. The first kappa shape index (κ1) is 15.8. The lowest BCUT2D eigenvalue weighted by Gasteiger charge is -2.20. The second-order valence-corrected chi connectivity index (χ2v) is 5.87. The summed E-state index contributed by atoms with van der Waals surface area (Å²) in [5, 5.41) is 14.3. The van der Waals surface area contributed by atoms with Crippen molar-refractivity contribution in [2.75, 3.05) is 25.0 Å². The van der Waals surface area contributed by atoms with Crippen LogP contribution in [0.25, 0.3) is 0 Å². The van der Waals surface area contributed by atoms with Gasteiger partial charge in [0.2, 0.25) is 0 Å². The molecule has 1 fully saturated rings. The minimum atomic E-state index is -0.342. The number of rotatable bonds is 5. The van der Waals surface area contributed by atoms with E-state index in [0.717, 1.165) is 30.6 Å². The summed E-state index contributed by atoms with van der Waals surface area (Å²) in [7, 11) is 0. The summed E-state index contributed by atoms with van der Waals surface area (Å²) in [6.07, 6.45) is 4.72. The Bertz CT molecular complexity index is 490. The average Bonchev–Trinajstić information content (AvgIpc) is 2.67. The van der Waals surface area contributed by atoms with Crippen LogP contribution in [0.1, 0.15) is 38.2 Å². The van der Waals surface area contributed by atoms with Crippen LogP contribution in [0.3, 0.4) is 0 Å². The van der Waals surface area contributed by atoms with Gasteiger partial charge in [0.05, 0.1) is 4.92 Å². The van der Waals surface area contributed by atoms with E-state index in [1.165, 1.54) is 25.9 Å². The Kier molecular flexibility index (Phi) is 5.56. The maximum absolute atomic E-state index is 10.8. The van der Waals surface area contributed by atoms with Gasteiger partial charge in [-0.05, 0) is 57.3 Å². The molecule has 0 aliphatic carbocycles. The molecule has 5 heteroatoms. The van der Waals surface area contributed by atoms with Gasteiger partial charge in [0, 0.05) is 30.4 Å². The minimum absolute atomic E-state index is 0.160. The number of benzene rings is 1. The Morgan fingerprint density at radius 2 is 2.19 bits per heavy atom. The molecule has 1 saturated heterocycles. The Morgan fingerprint density at radius 3 is 2.86 bits per heavy atom. The van der Waals surface area contributed by atoms with E-state index >= 15 is 0 Å². The van der Waals surface area contributed by atoms with Crippen molar-refractivity contribution in [3.05, 3.63) is 33.9 Å². The lowest BCUT2D eigenvalue weighted by molar-refractivity contribution is -0.384. The smallest absolute Gasteiger partial charge is 0.269 e. The van der Waals surface area contributed by atoms with Crippen molar-refractivity contribution >= 4 is 11.4 Å². The first-order chi connectivity index (χ1) is 10.1. The molecule has 2 rings (SSSR count). The Hall–Kier alpha value is -1.62. The number of nitrogens with zero attached hydrogens (tertiary/aromatic N) is 2. The minimum Gasteiger partial charge on any atom is -0.382 e. The van der Waals surface area contributed by atoms with Crippen molar-refractivity contribution in [1.82, 2.24) is 4.90 Å². The zero-order valence-corrected chi connectivity index (χ0v) is 13.0. The number of nitro groups is 1. The van der Waals surface area contributed by atoms with Gasteiger partial charge in [0.25, 0.3) is 5.69 Å². The molecule has 1 N–H and O–H groups in total. The normalized spacial score (nSPS) is 20.0. The summed E-state index contributed by atoms with van der Waals surface area (Å²) in [4.78, 5) is 13.0. The summed E-state index contributed by atoms with van der Waals surface area (Å²) in [5.41, 5.74) is 2.13. The predicted molar refractivity (Wildman–Crippen MR) is 85.8 cm³/mol. The van der Waals surface area contributed by atoms with Crippen molar-refractivity contribution in [3.8, 4) is 0 Å². The molecule has 0 amide bonds. The fraction of sp³-hybridized carbons (Fsp3) is 0.625. The van der Waals surface area contributed by atoms with E-state index in [-0.39, 0.29) is 10.6 Å². The van der Waals surface area contributed by atoms with E-state index in [1.54, 1.807) is 12.1 Å². The lowest BCUT2D eigenvalue weighted by Crippen LogP contribution is -2.27. The molecular weight excluding hydrogens is 266 g/mol. The summed E-state index contributed by atoms with van der Waals surface area (Å²) in [6.45, 7) is 7.66. The highest BCUT2D eigenvalue weighted by atomic mass is 16.6. The van der Waals surface area contributed by atoms with Gasteiger partial charge in [-0.15, -0.1) is 0 Å². The average molecular weight is 291 g/mol. The molecule has 1 unspecified atom stereocenters. The van der Waals surface area contributed by atoms with E-state index in [0.29, 0.717) is 6.04 Å². The fourth-order valence-corrected chi connectivity index (χ4v) is 2.98. The number of hydrogen-bond donors (Lipinski definition) is 1. The van der Waals surface area contributed by atoms with Gasteiger partial charge in [0.15, 0.2) is 0 Å². The number of non-ortho nitro benzene ring substituents is 1. The van der Waals surface area contributed by atoms with Crippen molar-refractivity contribution in [2.24, 2.45) is 0 Å². The summed E-state index contributed by atoms with van der Waals surface area (Å²) in [5.74, 6) is 0. The molecule has 1 aliphatic rings. The first-order valence-corrected chi connectivity index (χ1v) is 7.84. The van der Waals surface area contributed by atoms with Gasteiger partial charge in [-0.1, -0.05) is 6.92 Å². The van der Waals surface area contributed by atoms with Crippen LogP contribution in [0.2, 0.25) is 0 Å². The van der Waals surface area contributed by atoms with Crippen LogP contribution in [-0.4, -0.2) is 35.5 Å². The molecule has 0 radical (unpaired) electrons. The van der Waals surface area contributed by atoms with Gasteiger partial charge in [-0.2, -0.15) is 0 Å². The van der Waals surface area contributed by atoms with Crippen LogP contribution >= 0.6 is 0 Å². The monoisotopic (exact) mass is 291 g/mol. The molecule has 5 nitrogen and oxygen atoms in total. The zero-order valence-electron chi connectivity index (χ0n) is 13.0. The van der Waals surface area contributed by atoms with E-state index < -0.39 is 0 Å². The topological polar surface area (TPSA) is 58.4 Å².